The molecule has 30 heavy (non-hydrogen) atoms. The molecular formula is C25H38O4S. The summed E-state index contributed by atoms with van der Waals surface area (Å²) in [6, 6.07) is 8.81. The number of methoxy groups -OCH3 is 1. The minimum Gasteiger partial charge on any atom is -0.496 e. The van der Waals surface area contributed by atoms with E-state index in [4.69, 9.17) is 4.74 Å². The molecule has 0 atom stereocenters. The Kier molecular flexibility index (Phi) is 10.7. The quantitative estimate of drug-likeness (QED) is 0.235. The fraction of sp³-hybridized carbons (Fsp3) is 0.600. The largest absolute Gasteiger partial charge is 0.496 e. The van der Waals surface area contributed by atoms with Gasteiger partial charge in [-0.2, -0.15) is 8.42 Å². The molecule has 0 saturated heterocycles. The van der Waals surface area contributed by atoms with E-state index in [1.165, 1.54) is 83.8 Å². The Morgan fingerprint density at radius 2 is 1.37 bits per heavy atom. The van der Waals surface area contributed by atoms with Gasteiger partial charge in [-0.15, -0.1) is 0 Å². The van der Waals surface area contributed by atoms with Crippen LogP contribution in [0.3, 0.4) is 0 Å². The SMILES string of the molecule is CCCCCCCCCCCCCCc1ccc(OC)c2c(S(=O)(=O)O)cccc12. The van der Waals surface area contributed by atoms with Crippen molar-refractivity contribution in [1.82, 2.24) is 0 Å². The van der Waals surface area contributed by atoms with E-state index in [9.17, 15) is 13.0 Å². The van der Waals surface area contributed by atoms with Crippen LogP contribution in [0.1, 0.15) is 89.5 Å². The lowest BCUT2D eigenvalue weighted by atomic mass is 9.98. The number of hydrogen-bond acceptors (Lipinski definition) is 3. The molecule has 2 rings (SSSR count). The van der Waals surface area contributed by atoms with Crippen LogP contribution in [0.15, 0.2) is 35.2 Å². The maximum atomic E-state index is 11.8. The van der Waals surface area contributed by atoms with Gasteiger partial charge in [-0.05, 0) is 35.9 Å². The van der Waals surface area contributed by atoms with Gasteiger partial charge >= 0.3 is 0 Å². The fourth-order valence-electron chi connectivity index (χ4n) is 4.16. The summed E-state index contributed by atoms with van der Waals surface area (Å²) >= 11 is 0. The second kappa shape index (κ2) is 13.0. The van der Waals surface area contributed by atoms with Crippen molar-refractivity contribution in [2.45, 2.75) is 95.3 Å². The van der Waals surface area contributed by atoms with Crippen molar-refractivity contribution in [2.75, 3.05) is 7.11 Å². The highest BCUT2D eigenvalue weighted by atomic mass is 32.2. The molecule has 1 N–H and O–H groups in total. The van der Waals surface area contributed by atoms with Crippen molar-refractivity contribution < 1.29 is 17.7 Å². The molecule has 0 aromatic heterocycles. The predicted octanol–water partition coefficient (Wildman–Crippen LogP) is 7.34. The zero-order chi connectivity index (χ0) is 21.8. The molecule has 168 valence electrons. The van der Waals surface area contributed by atoms with Gasteiger partial charge in [0.05, 0.1) is 7.11 Å². The third-order valence-electron chi connectivity index (χ3n) is 5.85. The van der Waals surface area contributed by atoms with Crippen LogP contribution >= 0.6 is 0 Å². The van der Waals surface area contributed by atoms with E-state index in [1.54, 1.807) is 12.1 Å². The Morgan fingerprint density at radius 1 is 0.800 bits per heavy atom. The number of benzene rings is 2. The van der Waals surface area contributed by atoms with Gasteiger partial charge in [-0.25, -0.2) is 0 Å². The zero-order valence-electron chi connectivity index (χ0n) is 18.7. The third kappa shape index (κ3) is 7.59. The summed E-state index contributed by atoms with van der Waals surface area (Å²) in [5, 5.41) is 1.31. The van der Waals surface area contributed by atoms with Gasteiger partial charge in [-0.1, -0.05) is 95.8 Å². The second-order valence-electron chi connectivity index (χ2n) is 8.22. The highest BCUT2D eigenvalue weighted by Crippen LogP contribution is 2.34. The van der Waals surface area contributed by atoms with Crippen molar-refractivity contribution in [3.05, 3.63) is 35.9 Å². The van der Waals surface area contributed by atoms with Crippen molar-refractivity contribution in [3.63, 3.8) is 0 Å². The fourth-order valence-corrected chi connectivity index (χ4v) is 4.88. The molecule has 4 nitrogen and oxygen atoms in total. The van der Waals surface area contributed by atoms with Gasteiger partial charge in [0.15, 0.2) is 0 Å². The Balaban J connectivity index is 1.81. The molecule has 0 bridgehead atoms. The Morgan fingerprint density at radius 3 is 1.90 bits per heavy atom. The monoisotopic (exact) mass is 434 g/mol. The van der Waals surface area contributed by atoms with E-state index in [0.717, 1.165) is 23.8 Å². The van der Waals surface area contributed by atoms with Crippen molar-refractivity contribution >= 4 is 20.9 Å². The van der Waals surface area contributed by atoms with Crippen molar-refractivity contribution in [3.8, 4) is 5.75 Å². The first-order valence-corrected chi connectivity index (χ1v) is 13.0. The average Bonchev–Trinajstić information content (AvgIpc) is 2.73. The molecule has 0 fully saturated rings. The molecule has 0 aliphatic carbocycles. The maximum absolute atomic E-state index is 11.8. The highest BCUT2D eigenvalue weighted by Gasteiger charge is 2.18. The smallest absolute Gasteiger partial charge is 0.295 e. The number of fused-ring (bicyclic) bond motifs is 1. The first kappa shape index (κ1) is 24.7. The van der Waals surface area contributed by atoms with Gasteiger partial charge in [0, 0.05) is 5.39 Å². The van der Waals surface area contributed by atoms with Gasteiger partial charge in [0.1, 0.15) is 10.6 Å². The molecule has 0 aliphatic rings. The number of rotatable bonds is 15. The number of hydrogen-bond donors (Lipinski definition) is 1. The number of unbranched alkanes of at least 4 members (excludes halogenated alkanes) is 11. The number of ether oxygens (including phenoxy) is 1. The van der Waals surface area contributed by atoms with Crippen LogP contribution < -0.4 is 4.74 Å². The molecule has 2 aromatic rings. The molecular weight excluding hydrogens is 396 g/mol. The Hall–Kier alpha value is -1.59. The lowest BCUT2D eigenvalue weighted by Crippen LogP contribution is -2.01. The first-order valence-electron chi connectivity index (χ1n) is 11.5. The predicted molar refractivity (Wildman–Crippen MR) is 125 cm³/mol. The molecule has 0 radical (unpaired) electrons. The van der Waals surface area contributed by atoms with E-state index in [0.29, 0.717) is 11.1 Å². The summed E-state index contributed by atoms with van der Waals surface area (Å²) in [6.07, 6.45) is 16.6. The van der Waals surface area contributed by atoms with E-state index >= 15 is 0 Å². The molecule has 0 spiro atoms. The van der Waals surface area contributed by atoms with Crippen LogP contribution in [0, 0.1) is 0 Å². The van der Waals surface area contributed by atoms with Crippen LogP contribution in [-0.2, 0) is 16.5 Å². The lowest BCUT2D eigenvalue weighted by Gasteiger charge is -2.13. The molecule has 2 aromatic carbocycles. The van der Waals surface area contributed by atoms with Gasteiger partial charge in [-0.3, -0.25) is 4.55 Å². The van der Waals surface area contributed by atoms with Crippen molar-refractivity contribution in [2.24, 2.45) is 0 Å². The summed E-state index contributed by atoms with van der Waals surface area (Å²) in [4.78, 5) is -0.0894. The van der Waals surface area contributed by atoms with E-state index < -0.39 is 10.1 Å². The normalized spacial score (nSPS) is 11.8. The third-order valence-corrected chi connectivity index (χ3v) is 6.75. The van der Waals surface area contributed by atoms with E-state index in [2.05, 4.69) is 6.92 Å². The minimum atomic E-state index is -4.31. The summed E-state index contributed by atoms with van der Waals surface area (Å²) in [6.45, 7) is 2.26. The van der Waals surface area contributed by atoms with Crippen LogP contribution in [0.25, 0.3) is 10.8 Å². The lowest BCUT2D eigenvalue weighted by molar-refractivity contribution is 0.418. The summed E-state index contributed by atoms with van der Waals surface area (Å²) in [5.74, 6) is 0.469. The molecule has 0 amide bonds. The van der Waals surface area contributed by atoms with Gasteiger partial charge < -0.3 is 4.74 Å². The maximum Gasteiger partial charge on any atom is 0.295 e. The van der Waals surface area contributed by atoms with Gasteiger partial charge in [0.25, 0.3) is 10.1 Å². The van der Waals surface area contributed by atoms with Crippen molar-refractivity contribution in [1.29, 1.82) is 0 Å². The Bertz CT molecular complexity index is 874. The molecule has 0 heterocycles. The molecule has 5 heteroatoms. The Labute approximate surface area is 182 Å². The van der Waals surface area contributed by atoms with Crippen LogP contribution in [-0.4, -0.2) is 20.1 Å². The van der Waals surface area contributed by atoms with Crippen LogP contribution in [0.2, 0.25) is 0 Å². The topological polar surface area (TPSA) is 63.6 Å². The van der Waals surface area contributed by atoms with Crippen LogP contribution in [0.5, 0.6) is 5.75 Å². The summed E-state index contributed by atoms with van der Waals surface area (Å²) < 4.78 is 38.6. The van der Waals surface area contributed by atoms with Crippen LogP contribution in [0.4, 0.5) is 0 Å². The highest BCUT2D eigenvalue weighted by molar-refractivity contribution is 7.86. The second-order valence-corrected chi connectivity index (χ2v) is 9.61. The minimum absolute atomic E-state index is 0.0894. The van der Waals surface area contributed by atoms with E-state index in [1.807, 2.05) is 12.1 Å². The summed E-state index contributed by atoms with van der Waals surface area (Å²) in [7, 11) is -2.79. The first-order chi connectivity index (χ1) is 14.5. The zero-order valence-corrected chi connectivity index (χ0v) is 19.5. The standard InChI is InChI=1S/C25H38O4S/c1-3-4-5-6-7-8-9-10-11-12-13-14-16-21-19-20-23(29-2)25-22(21)17-15-18-24(25)30(26,27)28/h15,17-20H,3-14,16H2,1-2H3,(H,26,27,28). The summed E-state index contributed by atoms with van der Waals surface area (Å²) in [5.41, 5.74) is 1.10. The average molecular weight is 435 g/mol. The molecule has 0 aliphatic heterocycles. The molecule has 0 unspecified atom stereocenters. The van der Waals surface area contributed by atoms with E-state index in [-0.39, 0.29) is 4.90 Å². The van der Waals surface area contributed by atoms with Gasteiger partial charge in [0.2, 0.25) is 0 Å². The number of aryl methyl sites for hydroxylation is 1. The molecule has 0 saturated carbocycles.